The first-order valence-corrected chi connectivity index (χ1v) is 15.0. The molecular formula is C34H48N8. The Hall–Kier alpha value is -4.20. The molecule has 0 saturated carbocycles. The molecule has 4 heterocycles. The maximum atomic E-state index is 4.68. The Morgan fingerprint density at radius 3 is 1.71 bits per heavy atom. The van der Waals surface area contributed by atoms with Gasteiger partial charge in [-0.05, 0) is 64.8 Å². The van der Waals surface area contributed by atoms with Crippen molar-refractivity contribution in [3.05, 3.63) is 84.3 Å². The van der Waals surface area contributed by atoms with Crippen molar-refractivity contribution in [1.82, 2.24) is 19.3 Å². The maximum Gasteiger partial charge on any atom is 0.208 e. The largest absolute Gasteiger partial charge is 0.365 e. The fourth-order valence-corrected chi connectivity index (χ4v) is 4.43. The fourth-order valence-electron chi connectivity index (χ4n) is 4.43. The third-order valence-electron chi connectivity index (χ3n) is 5.98. The van der Waals surface area contributed by atoms with Gasteiger partial charge in [-0.2, -0.15) is 5.10 Å². The summed E-state index contributed by atoms with van der Waals surface area (Å²) in [4.78, 5) is 13.7. The van der Waals surface area contributed by atoms with Crippen molar-refractivity contribution in [2.45, 2.75) is 93.2 Å². The van der Waals surface area contributed by atoms with Gasteiger partial charge in [-0.3, -0.25) is 4.57 Å². The Labute approximate surface area is 252 Å². The molecule has 2 aliphatic heterocycles. The number of nitrogens with one attached hydrogen (secondary N) is 2. The minimum Gasteiger partial charge on any atom is -0.365 e. The van der Waals surface area contributed by atoms with E-state index in [0.29, 0.717) is 0 Å². The predicted octanol–water partition coefficient (Wildman–Crippen LogP) is 8.51. The van der Waals surface area contributed by atoms with Gasteiger partial charge in [0.15, 0.2) is 0 Å². The lowest BCUT2D eigenvalue weighted by molar-refractivity contribution is 0.624. The molecule has 0 aliphatic carbocycles. The van der Waals surface area contributed by atoms with Crippen LogP contribution in [-0.2, 0) is 12.8 Å². The van der Waals surface area contributed by atoms with Crippen LogP contribution in [0.3, 0.4) is 0 Å². The molecule has 0 spiro atoms. The van der Waals surface area contributed by atoms with E-state index in [-0.39, 0.29) is 11.1 Å². The molecule has 4 aromatic rings. The SMILES string of the molecule is CC.CC.CC(C)(C)Nc1ccnn1C1=Nc2ccccc2C1.CC(C)(C)Nc1nccn1C1=Nc2ccccc2C1. The molecule has 2 aliphatic rings. The minimum atomic E-state index is -0.0187. The van der Waals surface area contributed by atoms with E-state index in [0.717, 1.165) is 47.7 Å². The third-order valence-corrected chi connectivity index (χ3v) is 5.98. The summed E-state index contributed by atoms with van der Waals surface area (Å²) in [6.07, 6.45) is 7.25. The van der Waals surface area contributed by atoms with E-state index in [4.69, 9.17) is 0 Å². The van der Waals surface area contributed by atoms with Gasteiger partial charge in [0.25, 0.3) is 0 Å². The lowest BCUT2D eigenvalue weighted by Crippen LogP contribution is -2.29. The number of hydrogen-bond donors (Lipinski definition) is 2. The van der Waals surface area contributed by atoms with Crippen LogP contribution in [0.4, 0.5) is 23.1 Å². The molecule has 0 amide bonds. The first-order valence-electron chi connectivity index (χ1n) is 15.0. The van der Waals surface area contributed by atoms with E-state index < -0.39 is 0 Å². The van der Waals surface area contributed by atoms with Crippen LogP contribution < -0.4 is 10.6 Å². The summed E-state index contributed by atoms with van der Waals surface area (Å²) in [6, 6.07) is 18.5. The van der Waals surface area contributed by atoms with E-state index in [2.05, 4.69) is 103 Å². The molecule has 0 atom stereocenters. The molecule has 8 nitrogen and oxygen atoms in total. The van der Waals surface area contributed by atoms with Crippen molar-refractivity contribution in [2.75, 3.05) is 10.6 Å². The smallest absolute Gasteiger partial charge is 0.208 e. The number of fused-ring (bicyclic) bond motifs is 2. The molecule has 6 rings (SSSR count). The summed E-state index contributed by atoms with van der Waals surface area (Å²) in [7, 11) is 0. The number of anilines is 2. The Balaban J connectivity index is 0.000000206. The normalized spacial score (nSPS) is 13.1. The molecule has 42 heavy (non-hydrogen) atoms. The van der Waals surface area contributed by atoms with Gasteiger partial charge in [-0.1, -0.05) is 64.1 Å². The van der Waals surface area contributed by atoms with Gasteiger partial charge in [0, 0.05) is 42.4 Å². The van der Waals surface area contributed by atoms with Crippen molar-refractivity contribution in [1.29, 1.82) is 0 Å². The van der Waals surface area contributed by atoms with E-state index in [9.17, 15) is 0 Å². The number of aliphatic imine (C=N–C) groups is 2. The number of para-hydroxylation sites is 2. The average Bonchev–Trinajstić information content (AvgIpc) is 3.75. The highest BCUT2D eigenvalue weighted by Crippen LogP contribution is 2.29. The van der Waals surface area contributed by atoms with Crippen LogP contribution >= 0.6 is 0 Å². The van der Waals surface area contributed by atoms with E-state index >= 15 is 0 Å². The molecule has 2 aromatic heterocycles. The molecular weight excluding hydrogens is 520 g/mol. The van der Waals surface area contributed by atoms with Crippen LogP contribution in [-0.4, -0.2) is 42.1 Å². The quantitative estimate of drug-likeness (QED) is 0.254. The Morgan fingerprint density at radius 2 is 1.17 bits per heavy atom. The van der Waals surface area contributed by atoms with E-state index in [1.807, 2.05) is 67.4 Å². The first-order chi connectivity index (χ1) is 20.1. The van der Waals surface area contributed by atoms with Gasteiger partial charge < -0.3 is 10.6 Å². The molecule has 0 radical (unpaired) electrons. The summed E-state index contributed by atoms with van der Waals surface area (Å²) < 4.78 is 3.93. The highest BCUT2D eigenvalue weighted by atomic mass is 15.4. The van der Waals surface area contributed by atoms with Gasteiger partial charge >= 0.3 is 0 Å². The zero-order valence-corrected chi connectivity index (χ0v) is 27.0. The number of aromatic nitrogens is 4. The standard InChI is InChI=1S/2C15H18N4.2C2H6/c1-15(2,3)18-14-16-8-9-19(14)13-10-11-6-4-5-7-12(11)17-13;1-15(2,3)18-13-8-9-16-19(13)14-10-11-6-4-5-7-12(11)17-14;2*1-2/h4-9H,10H2,1-3H3,(H,16,18);4-9,18H,10H2,1-3H3;2*1-2H3. The summed E-state index contributed by atoms with van der Waals surface area (Å²) >= 11 is 0. The van der Waals surface area contributed by atoms with E-state index in [1.165, 1.54) is 11.1 Å². The van der Waals surface area contributed by atoms with Crippen molar-refractivity contribution in [2.24, 2.45) is 9.98 Å². The minimum absolute atomic E-state index is 0.00377. The van der Waals surface area contributed by atoms with Crippen molar-refractivity contribution >= 4 is 34.8 Å². The van der Waals surface area contributed by atoms with Crippen LogP contribution in [0.1, 0.15) is 80.4 Å². The second kappa shape index (κ2) is 14.1. The summed E-state index contributed by atoms with van der Waals surface area (Å²) in [5.41, 5.74) is 4.63. The zero-order chi connectivity index (χ0) is 30.9. The summed E-state index contributed by atoms with van der Waals surface area (Å²) in [6.45, 7) is 20.8. The first kappa shape index (κ1) is 32.3. The number of rotatable bonds is 2. The lowest BCUT2D eigenvalue weighted by atomic mass is 10.1. The molecule has 2 N–H and O–H groups in total. The molecule has 2 aromatic carbocycles. The molecule has 8 heteroatoms. The van der Waals surface area contributed by atoms with Crippen molar-refractivity contribution in [3.63, 3.8) is 0 Å². The summed E-state index contributed by atoms with van der Waals surface area (Å²) in [5, 5.41) is 11.2. The highest BCUT2D eigenvalue weighted by Gasteiger charge is 2.21. The number of hydrogen-bond acceptors (Lipinski definition) is 6. The fraction of sp³-hybridized carbons (Fsp3) is 0.412. The number of nitrogens with zero attached hydrogens (tertiary/aromatic N) is 6. The van der Waals surface area contributed by atoms with Gasteiger partial charge in [0.1, 0.15) is 17.5 Å². The molecule has 0 unspecified atom stereocenters. The second-order valence-electron chi connectivity index (χ2n) is 11.7. The molecule has 224 valence electrons. The Morgan fingerprint density at radius 1 is 0.643 bits per heavy atom. The number of imidazole rings is 1. The lowest BCUT2D eigenvalue weighted by Gasteiger charge is -2.22. The van der Waals surface area contributed by atoms with Crippen LogP contribution in [0.5, 0.6) is 0 Å². The monoisotopic (exact) mass is 568 g/mol. The van der Waals surface area contributed by atoms with Crippen molar-refractivity contribution < 1.29 is 0 Å². The van der Waals surface area contributed by atoms with Crippen LogP contribution in [0, 0.1) is 0 Å². The summed E-state index contributed by atoms with van der Waals surface area (Å²) in [5.74, 6) is 3.82. The second-order valence-corrected chi connectivity index (χ2v) is 11.7. The average molecular weight is 569 g/mol. The predicted molar refractivity (Wildman–Crippen MR) is 179 cm³/mol. The molecule has 0 fully saturated rings. The Kier molecular flexibility index (Phi) is 10.9. The number of benzene rings is 2. The van der Waals surface area contributed by atoms with Gasteiger partial charge in [-0.15, -0.1) is 0 Å². The van der Waals surface area contributed by atoms with Crippen LogP contribution in [0.2, 0.25) is 0 Å². The van der Waals surface area contributed by atoms with Crippen LogP contribution in [0.25, 0.3) is 0 Å². The van der Waals surface area contributed by atoms with Gasteiger partial charge in [-0.25, -0.2) is 19.7 Å². The van der Waals surface area contributed by atoms with Gasteiger partial charge in [0.2, 0.25) is 5.95 Å². The Bertz CT molecular complexity index is 1380. The third kappa shape index (κ3) is 8.41. The zero-order valence-electron chi connectivity index (χ0n) is 27.0. The van der Waals surface area contributed by atoms with Crippen LogP contribution in [0.15, 0.2) is 83.2 Å². The molecule has 0 bridgehead atoms. The maximum absolute atomic E-state index is 4.68. The van der Waals surface area contributed by atoms with Crippen molar-refractivity contribution in [3.8, 4) is 0 Å². The molecule has 0 saturated heterocycles. The van der Waals surface area contributed by atoms with Gasteiger partial charge in [0.05, 0.1) is 17.6 Å². The highest BCUT2D eigenvalue weighted by molar-refractivity contribution is 5.96. The van der Waals surface area contributed by atoms with E-state index in [1.54, 1.807) is 12.4 Å². The topological polar surface area (TPSA) is 84.4 Å².